The highest BCUT2D eigenvalue weighted by Gasteiger charge is 2.32. The largest absolute Gasteiger partial charge is 0.329 e. The number of rotatable bonds is 4. The monoisotopic (exact) mass is 231 g/mol. The Morgan fingerprint density at radius 3 is 2.71 bits per heavy atom. The van der Waals surface area contributed by atoms with Gasteiger partial charge in [-0.2, -0.15) is 0 Å². The van der Waals surface area contributed by atoms with Crippen LogP contribution in [0.25, 0.3) is 0 Å². The summed E-state index contributed by atoms with van der Waals surface area (Å²) in [5.41, 5.74) is 5.14. The molecule has 4 heteroatoms. The Morgan fingerprint density at radius 1 is 1.71 bits per heavy atom. The summed E-state index contributed by atoms with van der Waals surface area (Å²) in [6, 6.07) is 1.74. The van der Waals surface area contributed by atoms with E-state index in [1.54, 1.807) is 6.07 Å². The molecule has 1 heterocycles. The number of hydrogen-bond acceptors (Lipinski definition) is 3. The molecule has 0 aliphatic heterocycles. The zero-order chi connectivity index (χ0) is 10.8. The fraction of sp³-hybridized carbons (Fsp3) is 0.500. The molecular formula is C10H14ClNOS. The fourth-order valence-electron chi connectivity index (χ4n) is 1.13. The maximum atomic E-state index is 12.1. The van der Waals surface area contributed by atoms with Crippen molar-refractivity contribution in [2.24, 2.45) is 11.1 Å². The van der Waals surface area contributed by atoms with E-state index in [9.17, 15) is 4.79 Å². The lowest BCUT2D eigenvalue weighted by Gasteiger charge is -2.23. The van der Waals surface area contributed by atoms with Crippen molar-refractivity contribution in [1.29, 1.82) is 0 Å². The molecule has 78 valence electrons. The standard InChI is InChI=1S/C10H14ClNOS/c1-3-10(2,6-12)9(13)8-7(11)4-5-14-8/h4-5H,3,6,12H2,1-2H3. The molecule has 0 aliphatic carbocycles. The molecule has 2 N–H and O–H groups in total. The molecule has 0 bridgehead atoms. The summed E-state index contributed by atoms with van der Waals surface area (Å²) >= 11 is 7.28. The van der Waals surface area contributed by atoms with Crippen molar-refractivity contribution in [2.45, 2.75) is 20.3 Å². The van der Waals surface area contributed by atoms with Crippen LogP contribution in [0.5, 0.6) is 0 Å². The van der Waals surface area contributed by atoms with Gasteiger partial charge in [-0.1, -0.05) is 25.4 Å². The summed E-state index contributed by atoms with van der Waals surface area (Å²) in [6.45, 7) is 4.20. The fourth-order valence-corrected chi connectivity index (χ4v) is 2.36. The van der Waals surface area contributed by atoms with Crippen molar-refractivity contribution in [2.75, 3.05) is 6.54 Å². The van der Waals surface area contributed by atoms with Gasteiger partial charge < -0.3 is 5.73 Å². The molecule has 1 atom stereocenters. The Morgan fingerprint density at radius 2 is 2.36 bits per heavy atom. The zero-order valence-corrected chi connectivity index (χ0v) is 9.91. The second-order valence-corrected chi connectivity index (χ2v) is 4.87. The van der Waals surface area contributed by atoms with Crippen LogP contribution >= 0.6 is 22.9 Å². The summed E-state index contributed by atoms with van der Waals surface area (Å²) in [5, 5.41) is 2.36. The van der Waals surface area contributed by atoms with E-state index < -0.39 is 5.41 Å². The number of Topliss-reactive ketones (excluding diaryl/α,β-unsaturated/α-hetero) is 1. The molecular weight excluding hydrogens is 218 g/mol. The van der Waals surface area contributed by atoms with Gasteiger partial charge in [-0.15, -0.1) is 11.3 Å². The van der Waals surface area contributed by atoms with Crippen LogP contribution < -0.4 is 5.73 Å². The highest BCUT2D eigenvalue weighted by atomic mass is 35.5. The van der Waals surface area contributed by atoms with Gasteiger partial charge in [0.05, 0.1) is 9.90 Å². The summed E-state index contributed by atoms with van der Waals surface area (Å²) in [7, 11) is 0. The van der Waals surface area contributed by atoms with E-state index in [2.05, 4.69) is 0 Å². The summed E-state index contributed by atoms with van der Waals surface area (Å²) in [6.07, 6.45) is 0.733. The van der Waals surface area contributed by atoms with Crippen LogP contribution in [0, 0.1) is 5.41 Å². The van der Waals surface area contributed by atoms with E-state index in [1.807, 2.05) is 19.2 Å². The van der Waals surface area contributed by atoms with Crippen LogP contribution in [-0.2, 0) is 0 Å². The van der Waals surface area contributed by atoms with E-state index in [1.165, 1.54) is 11.3 Å². The van der Waals surface area contributed by atoms with Crippen LogP contribution in [0.1, 0.15) is 29.9 Å². The number of carbonyl (C=O) groups excluding carboxylic acids is 1. The third-order valence-electron chi connectivity index (χ3n) is 2.60. The Kier molecular flexibility index (Phi) is 3.70. The third kappa shape index (κ3) is 2.00. The lowest BCUT2D eigenvalue weighted by molar-refractivity contribution is 0.0825. The molecule has 1 unspecified atom stereocenters. The van der Waals surface area contributed by atoms with Crippen molar-refractivity contribution in [1.82, 2.24) is 0 Å². The van der Waals surface area contributed by atoms with Crippen molar-refractivity contribution in [3.63, 3.8) is 0 Å². The van der Waals surface area contributed by atoms with Gasteiger partial charge in [-0.3, -0.25) is 4.79 Å². The molecule has 2 nitrogen and oxygen atoms in total. The minimum atomic E-state index is -0.478. The molecule has 0 spiro atoms. The Hall–Kier alpha value is -0.380. The van der Waals surface area contributed by atoms with Gasteiger partial charge in [0.25, 0.3) is 0 Å². The van der Waals surface area contributed by atoms with Crippen molar-refractivity contribution >= 4 is 28.7 Å². The lowest BCUT2D eigenvalue weighted by atomic mass is 9.82. The average molecular weight is 232 g/mol. The predicted molar refractivity (Wildman–Crippen MR) is 61.1 cm³/mol. The first-order valence-corrected chi connectivity index (χ1v) is 5.79. The molecule has 0 aliphatic rings. The molecule has 0 fully saturated rings. The smallest absolute Gasteiger partial charge is 0.181 e. The number of hydrogen-bond donors (Lipinski definition) is 1. The van der Waals surface area contributed by atoms with Crippen molar-refractivity contribution < 1.29 is 4.79 Å². The second kappa shape index (κ2) is 4.43. The normalized spacial score (nSPS) is 15.1. The van der Waals surface area contributed by atoms with Gasteiger partial charge in [0, 0.05) is 12.0 Å². The van der Waals surface area contributed by atoms with Gasteiger partial charge in [0.1, 0.15) is 0 Å². The third-order valence-corrected chi connectivity index (χ3v) is 3.94. The quantitative estimate of drug-likeness (QED) is 0.810. The summed E-state index contributed by atoms with van der Waals surface area (Å²) in [5.74, 6) is 0.0579. The Bertz CT molecular complexity index is 331. The van der Waals surface area contributed by atoms with Crippen molar-refractivity contribution in [3.05, 3.63) is 21.3 Å². The molecule has 0 aromatic carbocycles. The van der Waals surface area contributed by atoms with Crippen LogP contribution in [0.2, 0.25) is 5.02 Å². The van der Waals surface area contributed by atoms with Gasteiger partial charge in [0.15, 0.2) is 5.78 Å². The van der Waals surface area contributed by atoms with E-state index in [0.29, 0.717) is 16.4 Å². The van der Waals surface area contributed by atoms with Crippen LogP contribution in [0.15, 0.2) is 11.4 Å². The number of nitrogens with two attached hydrogens (primary N) is 1. The van der Waals surface area contributed by atoms with E-state index >= 15 is 0 Å². The molecule has 0 radical (unpaired) electrons. The zero-order valence-electron chi connectivity index (χ0n) is 8.34. The van der Waals surface area contributed by atoms with Gasteiger partial charge in [-0.05, 0) is 17.9 Å². The molecule has 0 saturated heterocycles. The predicted octanol–water partition coefficient (Wildman–Crippen LogP) is 2.96. The van der Waals surface area contributed by atoms with E-state index in [-0.39, 0.29) is 5.78 Å². The molecule has 1 aromatic rings. The maximum Gasteiger partial charge on any atom is 0.181 e. The number of thiophene rings is 1. The Balaban J connectivity index is 3.01. The average Bonchev–Trinajstić information content (AvgIpc) is 2.62. The Labute approximate surface area is 93.1 Å². The molecule has 1 aromatic heterocycles. The highest BCUT2D eigenvalue weighted by molar-refractivity contribution is 7.12. The summed E-state index contributed by atoms with van der Waals surface area (Å²) < 4.78 is 0. The number of ketones is 1. The molecule has 14 heavy (non-hydrogen) atoms. The number of halogens is 1. The number of carbonyl (C=O) groups is 1. The topological polar surface area (TPSA) is 43.1 Å². The van der Waals surface area contributed by atoms with Gasteiger partial charge in [0.2, 0.25) is 0 Å². The first kappa shape index (κ1) is 11.7. The van der Waals surface area contributed by atoms with Crippen LogP contribution in [-0.4, -0.2) is 12.3 Å². The minimum absolute atomic E-state index is 0.0579. The lowest BCUT2D eigenvalue weighted by Crippen LogP contribution is -2.34. The van der Waals surface area contributed by atoms with E-state index in [0.717, 1.165) is 6.42 Å². The van der Waals surface area contributed by atoms with Gasteiger partial charge in [-0.25, -0.2) is 0 Å². The molecule has 1 rings (SSSR count). The van der Waals surface area contributed by atoms with Gasteiger partial charge >= 0.3 is 0 Å². The van der Waals surface area contributed by atoms with E-state index in [4.69, 9.17) is 17.3 Å². The highest BCUT2D eigenvalue weighted by Crippen LogP contribution is 2.31. The maximum absolute atomic E-state index is 12.1. The summed E-state index contributed by atoms with van der Waals surface area (Å²) in [4.78, 5) is 12.7. The molecule has 0 saturated carbocycles. The SMILES string of the molecule is CCC(C)(CN)C(=O)c1sccc1Cl. The van der Waals surface area contributed by atoms with Crippen molar-refractivity contribution in [3.8, 4) is 0 Å². The first-order chi connectivity index (χ1) is 6.55. The van der Waals surface area contributed by atoms with Crippen LogP contribution in [0.3, 0.4) is 0 Å². The minimum Gasteiger partial charge on any atom is -0.329 e. The first-order valence-electron chi connectivity index (χ1n) is 4.53. The van der Waals surface area contributed by atoms with Crippen LogP contribution in [0.4, 0.5) is 0 Å². The molecule has 0 amide bonds. The second-order valence-electron chi connectivity index (χ2n) is 3.55.